The molecule has 7 nitrogen and oxygen atoms in total. The lowest BCUT2D eigenvalue weighted by molar-refractivity contribution is -0.141. The fourth-order valence-electron chi connectivity index (χ4n) is 1.99. The standard InChI is InChI=1S/C11H16N4O3S2/c1-5(2)8-15(7(4-19-8)9(16)17)11(18)12-10-14-13-6(3)20-10/h5,7-8H,4H2,1-3H3,(H,16,17)(H,12,14,18). The van der Waals surface area contributed by atoms with E-state index >= 15 is 0 Å². The van der Waals surface area contributed by atoms with Crippen molar-refractivity contribution < 1.29 is 14.7 Å². The second-order valence-electron chi connectivity index (χ2n) is 4.79. The number of urea groups is 1. The predicted molar refractivity (Wildman–Crippen MR) is 78.0 cm³/mol. The number of amides is 2. The highest BCUT2D eigenvalue weighted by Crippen LogP contribution is 2.34. The number of carboxylic acids is 1. The van der Waals surface area contributed by atoms with Crippen LogP contribution in [0.15, 0.2) is 0 Å². The number of aryl methyl sites for hydroxylation is 1. The number of nitrogens with one attached hydrogen (secondary N) is 1. The molecular formula is C11H16N4O3S2. The molecule has 2 rings (SSSR count). The minimum absolute atomic E-state index is 0.148. The molecule has 1 fully saturated rings. The average molecular weight is 316 g/mol. The van der Waals surface area contributed by atoms with Gasteiger partial charge in [0.1, 0.15) is 11.0 Å². The van der Waals surface area contributed by atoms with E-state index in [2.05, 4.69) is 15.5 Å². The fraction of sp³-hybridized carbons (Fsp3) is 0.636. The van der Waals surface area contributed by atoms with Crippen molar-refractivity contribution in [2.24, 2.45) is 5.92 Å². The van der Waals surface area contributed by atoms with Crippen LogP contribution in [0.1, 0.15) is 18.9 Å². The smallest absolute Gasteiger partial charge is 0.327 e. The lowest BCUT2D eigenvalue weighted by atomic mass is 10.2. The molecule has 1 aromatic heterocycles. The van der Waals surface area contributed by atoms with Gasteiger partial charge in [0.05, 0.1) is 5.37 Å². The number of thioether (sulfide) groups is 1. The molecular weight excluding hydrogens is 300 g/mol. The van der Waals surface area contributed by atoms with E-state index in [0.717, 1.165) is 5.01 Å². The normalized spacial score (nSPS) is 22.3. The maximum absolute atomic E-state index is 12.3. The average Bonchev–Trinajstić information content (AvgIpc) is 2.95. The van der Waals surface area contributed by atoms with Crippen molar-refractivity contribution >= 4 is 40.2 Å². The number of rotatable bonds is 3. The van der Waals surface area contributed by atoms with Crippen LogP contribution in [0, 0.1) is 12.8 Å². The zero-order chi connectivity index (χ0) is 14.9. The molecule has 1 aliphatic rings. The Kier molecular flexibility index (Phi) is 4.48. The van der Waals surface area contributed by atoms with Gasteiger partial charge in [-0.1, -0.05) is 25.2 Å². The van der Waals surface area contributed by atoms with Crippen molar-refractivity contribution in [3.63, 3.8) is 0 Å². The molecule has 0 saturated carbocycles. The van der Waals surface area contributed by atoms with Crippen molar-refractivity contribution in [2.45, 2.75) is 32.2 Å². The zero-order valence-electron chi connectivity index (χ0n) is 11.4. The summed E-state index contributed by atoms with van der Waals surface area (Å²) >= 11 is 2.75. The molecule has 0 aromatic carbocycles. The summed E-state index contributed by atoms with van der Waals surface area (Å²) in [7, 11) is 0. The Morgan fingerprint density at radius 3 is 2.65 bits per heavy atom. The van der Waals surface area contributed by atoms with E-state index in [0.29, 0.717) is 10.9 Å². The first kappa shape index (κ1) is 15.0. The van der Waals surface area contributed by atoms with E-state index in [-0.39, 0.29) is 11.3 Å². The fourth-order valence-corrected chi connectivity index (χ4v) is 4.04. The van der Waals surface area contributed by atoms with Gasteiger partial charge in [-0.15, -0.1) is 22.0 Å². The SMILES string of the molecule is Cc1nnc(NC(=O)N2C(C(=O)O)CSC2C(C)C)s1. The van der Waals surface area contributed by atoms with Gasteiger partial charge in [0, 0.05) is 5.75 Å². The monoisotopic (exact) mass is 316 g/mol. The van der Waals surface area contributed by atoms with E-state index in [4.69, 9.17) is 0 Å². The van der Waals surface area contributed by atoms with Crippen LogP contribution in [0.5, 0.6) is 0 Å². The second-order valence-corrected chi connectivity index (χ2v) is 7.12. The molecule has 0 aliphatic carbocycles. The molecule has 0 spiro atoms. The van der Waals surface area contributed by atoms with Crippen molar-refractivity contribution in [2.75, 3.05) is 11.1 Å². The maximum Gasteiger partial charge on any atom is 0.327 e. The predicted octanol–water partition coefficient (Wildman–Crippen LogP) is 1.86. The van der Waals surface area contributed by atoms with Crippen LogP contribution in [-0.4, -0.2) is 49.4 Å². The number of carboxylic acid groups (broad SMARTS) is 1. The van der Waals surface area contributed by atoms with Crippen molar-refractivity contribution in [1.29, 1.82) is 0 Å². The van der Waals surface area contributed by atoms with Gasteiger partial charge in [-0.25, -0.2) is 9.59 Å². The number of aliphatic carboxylic acids is 1. The Morgan fingerprint density at radius 1 is 1.45 bits per heavy atom. The Balaban J connectivity index is 2.16. The summed E-state index contributed by atoms with van der Waals surface area (Å²) < 4.78 is 0. The first-order valence-electron chi connectivity index (χ1n) is 6.14. The van der Waals surface area contributed by atoms with Gasteiger partial charge in [0.2, 0.25) is 5.13 Å². The number of nitrogens with zero attached hydrogens (tertiary/aromatic N) is 3. The van der Waals surface area contributed by atoms with Crippen LogP contribution < -0.4 is 5.32 Å². The number of carbonyl (C=O) groups is 2. The maximum atomic E-state index is 12.3. The van der Waals surface area contributed by atoms with Crippen molar-refractivity contribution in [1.82, 2.24) is 15.1 Å². The summed E-state index contributed by atoms with van der Waals surface area (Å²) in [5, 5.41) is 20.5. The number of hydrogen-bond acceptors (Lipinski definition) is 6. The Hall–Kier alpha value is -1.35. The molecule has 0 radical (unpaired) electrons. The molecule has 1 aromatic rings. The van der Waals surface area contributed by atoms with Gasteiger partial charge in [0.25, 0.3) is 0 Å². The van der Waals surface area contributed by atoms with Crippen LogP contribution >= 0.6 is 23.1 Å². The second kappa shape index (κ2) is 5.96. The molecule has 2 atom stereocenters. The van der Waals surface area contributed by atoms with Crippen LogP contribution in [0.25, 0.3) is 0 Å². The van der Waals surface area contributed by atoms with Crippen LogP contribution in [0.4, 0.5) is 9.93 Å². The molecule has 2 N–H and O–H groups in total. The first-order chi connectivity index (χ1) is 9.40. The van der Waals surface area contributed by atoms with Crippen LogP contribution in [0.3, 0.4) is 0 Å². The third-order valence-corrected chi connectivity index (χ3v) is 5.24. The van der Waals surface area contributed by atoms with E-state index in [1.165, 1.54) is 28.0 Å². The van der Waals surface area contributed by atoms with Crippen molar-refractivity contribution in [3.8, 4) is 0 Å². The highest BCUT2D eigenvalue weighted by Gasteiger charge is 2.43. The molecule has 110 valence electrons. The number of anilines is 1. The summed E-state index contributed by atoms with van der Waals surface area (Å²) in [6.07, 6.45) is 0. The van der Waals surface area contributed by atoms with Gasteiger partial charge in [-0.3, -0.25) is 10.2 Å². The van der Waals surface area contributed by atoms with Gasteiger partial charge < -0.3 is 5.11 Å². The summed E-state index contributed by atoms with van der Waals surface area (Å²) in [5.41, 5.74) is 0. The molecule has 2 unspecified atom stereocenters. The first-order valence-corrected chi connectivity index (χ1v) is 8.00. The molecule has 0 bridgehead atoms. The van der Waals surface area contributed by atoms with E-state index < -0.39 is 18.0 Å². The molecule has 1 saturated heterocycles. The van der Waals surface area contributed by atoms with Gasteiger partial charge >= 0.3 is 12.0 Å². The summed E-state index contributed by atoms with van der Waals surface area (Å²) in [5.74, 6) is -0.406. The summed E-state index contributed by atoms with van der Waals surface area (Å²) in [4.78, 5) is 25.0. The Bertz CT molecular complexity index is 520. The number of hydrogen-bond donors (Lipinski definition) is 2. The van der Waals surface area contributed by atoms with E-state index in [1.807, 2.05) is 13.8 Å². The highest BCUT2D eigenvalue weighted by atomic mass is 32.2. The quantitative estimate of drug-likeness (QED) is 0.884. The van der Waals surface area contributed by atoms with Gasteiger partial charge in [0.15, 0.2) is 0 Å². The molecule has 1 aliphatic heterocycles. The largest absolute Gasteiger partial charge is 0.480 e. The van der Waals surface area contributed by atoms with Gasteiger partial charge in [-0.05, 0) is 12.8 Å². The zero-order valence-corrected chi connectivity index (χ0v) is 13.0. The van der Waals surface area contributed by atoms with Crippen LogP contribution in [-0.2, 0) is 4.79 Å². The van der Waals surface area contributed by atoms with Gasteiger partial charge in [-0.2, -0.15) is 0 Å². The topological polar surface area (TPSA) is 95.4 Å². The van der Waals surface area contributed by atoms with E-state index in [9.17, 15) is 14.7 Å². The molecule has 9 heteroatoms. The van der Waals surface area contributed by atoms with E-state index in [1.54, 1.807) is 6.92 Å². The molecule has 2 amide bonds. The third-order valence-electron chi connectivity index (χ3n) is 2.86. The number of carbonyl (C=O) groups excluding carboxylic acids is 1. The Labute approximate surface area is 124 Å². The molecule has 20 heavy (non-hydrogen) atoms. The minimum Gasteiger partial charge on any atom is -0.480 e. The molecule has 2 heterocycles. The van der Waals surface area contributed by atoms with Crippen LogP contribution in [0.2, 0.25) is 0 Å². The highest BCUT2D eigenvalue weighted by molar-refractivity contribution is 8.00. The summed E-state index contributed by atoms with van der Waals surface area (Å²) in [6, 6.07) is -1.24. The number of aromatic nitrogens is 2. The lowest BCUT2D eigenvalue weighted by Gasteiger charge is -2.29. The third kappa shape index (κ3) is 3.04. The Morgan fingerprint density at radius 2 is 2.15 bits per heavy atom. The van der Waals surface area contributed by atoms with Crippen molar-refractivity contribution in [3.05, 3.63) is 5.01 Å². The lowest BCUT2D eigenvalue weighted by Crippen LogP contribution is -2.49. The minimum atomic E-state index is -0.982. The summed E-state index contributed by atoms with van der Waals surface area (Å²) in [6.45, 7) is 5.73.